The zero-order chi connectivity index (χ0) is 22.1. The lowest BCUT2D eigenvalue weighted by molar-refractivity contribution is 0.374. The Morgan fingerprint density at radius 1 is 1.16 bits per heavy atom. The van der Waals surface area contributed by atoms with Gasteiger partial charge in [-0.15, -0.1) is 5.10 Å². The minimum Gasteiger partial charge on any atom is -0.424 e. The van der Waals surface area contributed by atoms with Gasteiger partial charge in [-0.1, -0.05) is 24.6 Å². The smallest absolute Gasteiger partial charge is 0.322 e. The fourth-order valence-electron chi connectivity index (χ4n) is 4.87. The van der Waals surface area contributed by atoms with Crippen LogP contribution in [-0.2, 0) is 6.54 Å². The molecule has 3 heterocycles. The highest BCUT2D eigenvalue weighted by Crippen LogP contribution is 2.39. The van der Waals surface area contributed by atoms with Crippen LogP contribution in [0.4, 0.5) is 11.8 Å². The number of aromatic nitrogens is 5. The zero-order valence-electron chi connectivity index (χ0n) is 18.4. The first kappa shape index (κ1) is 21.0. The number of rotatable bonds is 7. The normalized spacial score (nSPS) is 22.2. The quantitative estimate of drug-likeness (QED) is 0.561. The molecule has 0 spiro atoms. The van der Waals surface area contributed by atoms with Gasteiger partial charge in [0.1, 0.15) is 17.9 Å². The summed E-state index contributed by atoms with van der Waals surface area (Å²) in [5, 5.41) is 8.96. The van der Waals surface area contributed by atoms with Gasteiger partial charge in [-0.25, -0.2) is 14.6 Å². The fourth-order valence-corrected chi connectivity index (χ4v) is 5.05. The molecule has 1 saturated carbocycles. The Morgan fingerprint density at radius 3 is 2.69 bits per heavy atom. The van der Waals surface area contributed by atoms with Gasteiger partial charge >= 0.3 is 6.01 Å². The molecule has 5 rings (SSSR count). The second-order valence-corrected chi connectivity index (χ2v) is 9.13. The van der Waals surface area contributed by atoms with E-state index in [1.165, 1.54) is 12.8 Å². The van der Waals surface area contributed by atoms with Crippen LogP contribution < -0.4 is 15.0 Å². The third-order valence-corrected chi connectivity index (χ3v) is 6.56. The molecule has 1 saturated heterocycles. The maximum Gasteiger partial charge on any atom is 0.322 e. The van der Waals surface area contributed by atoms with Crippen molar-refractivity contribution in [2.24, 2.45) is 11.8 Å². The lowest BCUT2D eigenvalue weighted by Gasteiger charge is -2.38. The number of piperidine rings is 1. The van der Waals surface area contributed by atoms with E-state index in [0.717, 1.165) is 37.6 Å². The molecular formula is C23H28ClN7O. The first-order valence-electron chi connectivity index (χ1n) is 11.3. The predicted molar refractivity (Wildman–Crippen MR) is 124 cm³/mol. The monoisotopic (exact) mass is 453 g/mol. The summed E-state index contributed by atoms with van der Waals surface area (Å²) in [4.78, 5) is 15.8. The number of fused-ring (bicyclic) bond motifs is 2. The molecule has 9 heteroatoms. The minimum absolute atomic E-state index is 0.352. The molecular weight excluding hydrogens is 426 g/mol. The molecule has 2 aromatic heterocycles. The topological polar surface area (TPSA) is 81.0 Å². The van der Waals surface area contributed by atoms with Crippen LogP contribution in [0.2, 0.25) is 5.02 Å². The number of hydrogen-bond acceptors (Lipinski definition) is 7. The number of aryl methyl sites for hydroxylation is 2. The average Bonchev–Trinajstić information content (AvgIpc) is 3.23. The predicted octanol–water partition coefficient (Wildman–Crippen LogP) is 4.56. The molecule has 2 aliphatic rings. The van der Waals surface area contributed by atoms with Gasteiger partial charge in [0.2, 0.25) is 5.95 Å². The Bertz CT molecular complexity index is 1070. The molecule has 0 unspecified atom stereocenters. The van der Waals surface area contributed by atoms with Gasteiger partial charge < -0.3 is 15.0 Å². The van der Waals surface area contributed by atoms with E-state index in [1.807, 2.05) is 29.8 Å². The zero-order valence-corrected chi connectivity index (χ0v) is 19.2. The van der Waals surface area contributed by atoms with Crippen LogP contribution in [0.3, 0.4) is 0 Å². The lowest BCUT2D eigenvalue weighted by atomic mass is 9.92. The Kier molecular flexibility index (Phi) is 5.87. The number of benzene rings is 1. The molecule has 0 amide bonds. The molecule has 1 aliphatic heterocycles. The first-order valence-corrected chi connectivity index (χ1v) is 11.6. The summed E-state index contributed by atoms with van der Waals surface area (Å²) in [7, 11) is 0. The summed E-state index contributed by atoms with van der Waals surface area (Å²) in [5.74, 6) is 3.36. The summed E-state index contributed by atoms with van der Waals surface area (Å²) < 4.78 is 7.83. The summed E-state index contributed by atoms with van der Waals surface area (Å²) in [6, 6.07) is 10.2. The van der Waals surface area contributed by atoms with Crippen LogP contribution in [0, 0.1) is 18.8 Å². The number of ether oxygens (including phenoxy) is 1. The van der Waals surface area contributed by atoms with Gasteiger partial charge in [-0.05, 0) is 56.2 Å². The molecule has 32 heavy (non-hydrogen) atoms. The van der Waals surface area contributed by atoms with Crippen LogP contribution in [0.5, 0.6) is 11.8 Å². The summed E-state index contributed by atoms with van der Waals surface area (Å²) >= 11 is 6.10. The molecule has 1 aromatic carbocycles. The van der Waals surface area contributed by atoms with Crippen molar-refractivity contribution in [3.63, 3.8) is 0 Å². The van der Waals surface area contributed by atoms with Crippen molar-refractivity contribution in [2.45, 2.75) is 45.7 Å². The maximum absolute atomic E-state index is 6.10. The highest BCUT2D eigenvalue weighted by Gasteiger charge is 2.43. The maximum atomic E-state index is 6.10. The van der Waals surface area contributed by atoms with Gasteiger partial charge in [-0.2, -0.15) is 4.98 Å². The van der Waals surface area contributed by atoms with Crippen molar-refractivity contribution in [3.05, 3.63) is 47.4 Å². The Labute approximate surface area is 193 Å². The van der Waals surface area contributed by atoms with Crippen LogP contribution >= 0.6 is 11.6 Å². The van der Waals surface area contributed by atoms with Gasteiger partial charge in [0.15, 0.2) is 0 Å². The van der Waals surface area contributed by atoms with Crippen molar-refractivity contribution in [1.29, 1.82) is 0 Å². The van der Waals surface area contributed by atoms with E-state index in [4.69, 9.17) is 21.4 Å². The van der Waals surface area contributed by atoms with Gasteiger partial charge in [-0.3, -0.25) is 0 Å². The van der Waals surface area contributed by atoms with Crippen molar-refractivity contribution < 1.29 is 4.74 Å². The Balaban J connectivity index is 1.31. The lowest BCUT2D eigenvalue weighted by Crippen LogP contribution is -2.48. The highest BCUT2D eigenvalue weighted by atomic mass is 35.5. The highest BCUT2D eigenvalue weighted by molar-refractivity contribution is 6.30. The number of hydrogen-bond donors (Lipinski definition) is 1. The fraction of sp³-hybridized carbons (Fsp3) is 0.478. The standard InChI is InChI=1S/C23H28ClN7O/c1-3-9-31-23(32-19-6-4-5-18(24)11-19)28-22(29-31)27-21-16-7-8-17(21)13-30(12-16)20-10-15(2)25-14-26-20/h4-6,10-11,14,16-17,21H,3,7-9,12-13H2,1-2H3,(H,27,29)/t16-,17+,21-. The minimum atomic E-state index is 0.352. The Morgan fingerprint density at radius 2 is 1.97 bits per heavy atom. The summed E-state index contributed by atoms with van der Waals surface area (Å²) in [6.07, 6.45) is 4.99. The van der Waals surface area contributed by atoms with Gasteiger partial charge in [0.05, 0.1) is 0 Å². The van der Waals surface area contributed by atoms with E-state index in [2.05, 4.69) is 38.2 Å². The van der Waals surface area contributed by atoms with E-state index in [-0.39, 0.29) is 0 Å². The molecule has 0 radical (unpaired) electrons. The van der Waals surface area contributed by atoms with Crippen molar-refractivity contribution in [3.8, 4) is 11.8 Å². The molecule has 1 N–H and O–H groups in total. The molecule has 3 atom stereocenters. The molecule has 8 nitrogen and oxygen atoms in total. The van der Waals surface area contributed by atoms with E-state index in [1.54, 1.807) is 12.4 Å². The van der Waals surface area contributed by atoms with Crippen LogP contribution in [-0.4, -0.2) is 43.9 Å². The number of halogens is 1. The SMILES string of the molecule is CCCn1nc(N[C@@H]2[C@@H]3CC[C@H]2CN(c2cc(C)ncn2)C3)nc1Oc1cccc(Cl)c1. The average molecular weight is 454 g/mol. The number of nitrogens with one attached hydrogen (secondary N) is 1. The van der Waals surface area contributed by atoms with Crippen molar-refractivity contribution in [2.75, 3.05) is 23.3 Å². The number of nitrogens with zero attached hydrogens (tertiary/aromatic N) is 6. The van der Waals surface area contributed by atoms with E-state index >= 15 is 0 Å². The molecule has 2 fully saturated rings. The van der Waals surface area contributed by atoms with E-state index < -0.39 is 0 Å². The summed E-state index contributed by atoms with van der Waals surface area (Å²) in [6.45, 7) is 6.82. The second-order valence-electron chi connectivity index (χ2n) is 8.69. The molecule has 168 valence electrons. The Hall–Kier alpha value is -2.87. The van der Waals surface area contributed by atoms with E-state index in [9.17, 15) is 0 Å². The van der Waals surface area contributed by atoms with Crippen LogP contribution in [0.15, 0.2) is 36.7 Å². The van der Waals surface area contributed by atoms with Crippen molar-refractivity contribution in [1.82, 2.24) is 24.7 Å². The van der Waals surface area contributed by atoms with Gasteiger partial charge in [0, 0.05) is 42.5 Å². The molecule has 2 bridgehead atoms. The van der Waals surface area contributed by atoms with Crippen molar-refractivity contribution >= 4 is 23.4 Å². The van der Waals surface area contributed by atoms with Crippen LogP contribution in [0.1, 0.15) is 31.9 Å². The van der Waals surface area contributed by atoms with Gasteiger partial charge in [0.25, 0.3) is 0 Å². The third-order valence-electron chi connectivity index (χ3n) is 6.32. The van der Waals surface area contributed by atoms with E-state index in [0.29, 0.717) is 40.6 Å². The first-order chi connectivity index (χ1) is 15.6. The third kappa shape index (κ3) is 4.37. The summed E-state index contributed by atoms with van der Waals surface area (Å²) in [5.41, 5.74) is 1.00. The largest absolute Gasteiger partial charge is 0.424 e. The molecule has 3 aromatic rings. The second kappa shape index (κ2) is 8.94. The molecule has 1 aliphatic carbocycles. The van der Waals surface area contributed by atoms with Crippen LogP contribution in [0.25, 0.3) is 0 Å². The number of anilines is 2.